The highest BCUT2D eigenvalue weighted by Crippen LogP contribution is 2.20. The molecule has 0 bridgehead atoms. The molecule has 1 aromatic rings. The second kappa shape index (κ2) is 7.64. The Morgan fingerprint density at radius 3 is 2.35 bits per heavy atom. The monoisotopic (exact) mass is 282 g/mol. The number of aromatic nitrogens is 2. The van der Waals surface area contributed by atoms with Crippen molar-refractivity contribution in [3.8, 4) is 5.88 Å². The van der Waals surface area contributed by atoms with Crippen LogP contribution in [0.4, 0.5) is 0 Å². The lowest BCUT2D eigenvalue weighted by Gasteiger charge is -2.30. The zero-order valence-electron chi connectivity index (χ0n) is 14.0. The number of ether oxygens (including phenoxy) is 1. The molecule has 0 saturated carbocycles. The van der Waals surface area contributed by atoms with E-state index >= 15 is 0 Å². The van der Waals surface area contributed by atoms with Gasteiger partial charge in [0.05, 0.1) is 18.4 Å². The largest absolute Gasteiger partial charge is 0.481 e. The summed E-state index contributed by atoms with van der Waals surface area (Å²) in [6.07, 6.45) is 0. The van der Waals surface area contributed by atoms with Gasteiger partial charge in [-0.3, -0.25) is 4.90 Å². The molecule has 0 unspecified atom stereocenters. The van der Waals surface area contributed by atoms with Crippen LogP contribution in [-0.4, -0.2) is 47.0 Å². The molecule has 1 aromatic heterocycles. The van der Waals surface area contributed by atoms with E-state index in [4.69, 9.17) is 4.74 Å². The number of methoxy groups -OCH3 is 1. The Balaban J connectivity index is 2.49. The van der Waals surface area contributed by atoms with Gasteiger partial charge in [-0.05, 0) is 34.6 Å². The zero-order chi connectivity index (χ0) is 15.3. The number of nitrogens with zero attached hydrogens (tertiary/aromatic N) is 3. The Morgan fingerprint density at radius 1 is 1.25 bits per heavy atom. The molecule has 0 radical (unpaired) electrons. The Bertz CT molecular complexity index is 404. The van der Waals surface area contributed by atoms with Crippen molar-refractivity contribution in [1.82, 2.24) is 20.0 Å². The van der Waals surface area contributed by atoms with Crippen molar-refractivity contribution >= 4 is 0 Å². The van der Waals surface area contributed by atoms with Gasteiger partial charge in [0, 0.05) is 38.8 Å². The summed E-state index contributed by atoms with van der Waals surface area (Å²) < 4.78 is 7.19. The molecule has 0 atom stereocenters. The molecule has 116 valence electrons. The fourth-order valence-electron chi connectivity index (χ4n) is 2.67. The van der Waals surface area contributed by atoms with E-state index in [1.807, 2.05) is 14.0 Å². The fraction of sp³-hybridized carbons (Fsp3) is 0.800. The van der Waals surface area contributed by atoms with Crippen LogP contribution in [0.3, 0.4) is 0 Å². The minimum absolute atomic E-state index is 0.575. The van der Waals surface area contributed by atoms with Crippen LogP contribution >= 0.6 is 0 Å². The highest BCUT2D eigenvalue weighted by Gasteiger charge is 2.15. The third-order valence-electron chi connectivity index (χ3n) is 3.66. The lowest BCUT2D eigenvalue weighted by molar-refractivity contribution is 0.175. The Kier molecular flexibility index (Phi) is 6.49. The molecule has 0 aliphatic heterocycles. The molecule has 0 aromatic carbocycles. The van der Waals surface area contributed by atoms with Gasteiger partial charge < -0.3 is 10.1 Å². The molecule has 5 nitrogen and oxygen atoms in total. The van der Waals surface area contributed by atoms with Crippen molar-refractivity contribution in [3.63, 3.8) is 0 Å². The van der Waals surface area contributed by atoms with Crippen LogP contribution in [0, 0.1) is 6.92 Å². The third-order valence-corrected chi connectivity index (χ3v) is 3.66. The topological polar surface area (TPSA) is 42.3 Å². The first-order valence-corrected chi connectivity index (χ1v) is 7.41. The predicted molar refractivity (Wildman–Crippen MR) is 83.2 cm³/mol. The van der Waals surface area contributed by atoms with Crippen LogP contribution in [0.5, 0.6) is 5.88 Å². The van der Waals surface area contributed by atoms with Crippen molar-refractivity contribution in [2.75, 3.05) is 20.2 Å². The molecule has 0 fully saturated rings. The van der Waals surface area contributed by atoms with Crippen LogP contribution in [-0.2, 0) is 13.6 Å². The molecule has 0 aliphatic rings. The van der Waals surface area contributed by atoms with Crippen molar-refractivity contribution in [1.29, 1.82) is 0 Å². The van der Waals surface area contributed by atoms with Crippen molar-refractivity contribution in [2.45, 2.75) is 53.2 Å². The molecule has 1 rings (SSSR count). The Hall–Kier alpha value is -1.07. The quantitative estimate of drug-likeness (QED) is 0.740. The summed E-state index contributed by atoms with van der Waals surface area (Å²) in [5.41, 5.74) is 2.18. The van der Waals surface area contributed by atoms with Crippen LogP contribution in [0.2, 0.25) is 0 Å². The summed E-state index contributed by atoms with van der Waals surface area (Å²) in [4.78, 5) is 2.49. The van der Waals surface area contributed by atoms with Crippen LogP contribution in [0.1, 0.15) is 39.0 Å². The van der Waals surface area contributed by atoms with E-state index in [-0.39, 0.29) is 0 Å². The number of nitrogens with one attached hydrogen (secondary N) is 1. The standard InChI is InChI=1S/C15H30N4O/c1-11(2)19(12(3)4)9-8-16-10-14-13(5)17-18(6)15(14)20-7/h11-12,16H,8-10H2,1-7H3. The minimum Gasteiger partial charge on any atom is -0.481 e. The van der Waals surface area contributed by atoms with Crippen LogP contribution in [0.25, 0.3) is 0 Å². The summed E-state index contributed by atoms with van der Waals surface area (Å²) >= 11 is 0. The van der Waals surface area contributed by atoms with Gasteiger partial charge in [-0.1, -0.05) is 0 Å². The fourth-order valence-corrected chi connectivity index (χ4v) is 2.67. The van der Waals surface area contributed by atoms with Gasteiger partial charge in [0.2, 0.25) is 5.88 Å². The Morgan fingerprint density at radius 2 is 1.85 bits per heavy atom. The van der Waals surface area contributed by atoms with Crippen LogP contribution < -0.4 is 10.1 Å². The molecule has 0 spiro atoms. The zero-order valence-corrected chi connectivity index (χ0v) is 14.0. The first-order chi connectivity index (χ1) is 9.38. The highest BCUT2D eigenvalue weighted by atomic mass is 16.5. The maximum absolute atomic E-state index is 5.40. The highest BCUT2D eigenvalue weighted by molar-refractivity contribution is 5.30. The second-order valence-corrected chi connectivity index (χ2v) is 5.80. The molecule has 5 heteroatoms. The van der Waals surface area contributed by atoms with Crippen molar-refractivity contribution in [2.24, 2.45) is 7.05 Å². The second-order valence-electron chi connectivity index (χ2n) is 5.80. The molecule has 0 aliphatic carbocycles. The van der Waals surface area contributed by atoms with Gasteiger partial charge in [-0.2, -0.15) is 5.10 Å². The SMILES string of the molecule is COc1c(CNCCN(C(C)C)C(C)C)c(C)nn1C. The smallest absolute Gasteiger partial charge is 0.216 e. The maximum atomic E-state index is 5.40. The van der Waals surface area contributed by atoms with Gasteiger partial charge in [-0.25, -0.2) is 4.68 Å². The van der Waals surface area contributed by atoms with Gasteiger partial charge in [0.25, 0.3) is 0 Å². The van der Waals surface area contributed by atoms with Gasteiger partial charge in [0.1, 0.15) is 0 Å². The number of aryl methyl sites for hydroxylation is 2. The van der Waals surface area contributed by atoms with E-state index in [9.17, 15) is 0 Å². The third kappa shape index (κ3) is 4.21. The predicted octanol–water partition coefficient (Wildman–Crippen LogP) is 1.95. The summed E-state index contributed by atoms with van der Waals surface area (Å²) in [6.45, 7) is 13.8. The van der Waals surface area contributed by atoms with E-state index < -0.39 is 0 Å². The van der Waals surface area contributed by atoms with Crippen molar-refractivity contribution < 1.29 is 4.74 Å². The number of hydrogen-bond acceptors (Lipinski definition) is 4. The average Bonchev–Trinajstić information content (AvgIpc) is 2.62. The summed E-state index contributed by atoms with van der Waals surface area (Å²) in [6, 6.07) is 1.15. The van der Waals surface area contributed by atoms with Gasteiger partial charge in [-0.15, -0.1) is 0 Å². The van der Waals surface area contributed by atoms with E-state index in [1.165, 1.54) is 0 Å². The normalized spacial score (nSPS) is 11.9. The van der Waals surface area contributed by atoms with E-state index in [0.29, 0.717) is 12.1 Å². The first-order valence-electron chi connectivity index (χ1n) is 7.41. The van der Waals surface area contributed by atoms with Crippen molar-refractivity contribution in [3.05, 3.63) is 11.3 Å². The molecular weight excluding hydrogens is 252 g/mol. The molecule has 20 heavy (non-hydrogen) atoms. The van der Waals surface area contributed by atoms with Crippen LogP contribution in [0.15, 0.2) is 0 Å². The van der Waals surface area contributed by atoms with Gasteiger partial charge in [0.15, 0.2) is 0 Å². The van der Waals surface area contributed by atoms with E-state index in [1.54, 1.807) is 11.8 Å². The summed E-state index contributed by atoms with van der Waals surface area (Å²) in [5.74, 6) is 0.847. The lowest BCUT2D eigenvalue weighted by atomic mass is 10.2. The van der Waals surface area contributed by atoms with E-state index in [2.05, 4.69) is 43.0 Å². The molecule has 1 N–H and O–H groups in total. The molecule has 1 heterocycles. The minimum atomic E-state index is 0.575. The summed E-state index contributed by atoms with van der Waals surface area (Å²) in [5, 5.41) is 7.89. The average molecular weight is 282 g/mol. The first kappa shape index (κ1) is 17.0. The van der Waals surface area contributed by atoms with Gasteiger partial charge >= 0.3 is 0 Å². The van der Waals surface area contributed by atoms with E-state index in [0.717, 1.165) is 36.8 Å². The molecule has 0 amide bonds. The Labute approximate surface area is 123 Å². The lowest BCUT2D eigenvalue weighted by Crippen LogP contribution is -2.41. The molecule has 0 saturated heterocycles. The number of hydrogen-bond donors (Lipinski definition) is 1. The maximum Gasteiger partial charge on any atom is 0.216 e. The summed E-state index contributed by atoms with van der Waals surface area (Å²) in [7, 11) is 3.60. The number of rotatable bonds is 8. The molecular formula is C15H30N4O.